The third-order valence-electron chi connectivity index (χ3n) is 5.11. The van der Waals surface area contributed by atoms with Crippen LogP contribution < -0.4 is 4.74 Å². The molecule has 1 amide bonds. The van der Waals surface area contributed by atoms with Gasteiger partial charge in [0.2, 0.25) is 5.91 Å². The number of likely N-dealkylation sites (tertiary alicyclic amines) is 1. The highest BCUT2D eigenvalue weighted by molar-refractivity contribution is 8.00. The van der Waals surface area contributed by atoms with Gasteiger partial charge in [0.1, 0.15) is 11.0 Å². The lowest BCUT2D eigenvalue weighted by Gasteiger charge is -2.22. The monoisotopic (exact) mass is 423 g/mol. The average molecular weight is 424 g/mol. The van der Waals surface area contributed by atoms with E-state index in [4.69, 9.17) is 9.15 Å². The number of benzene rings is 2. The third kappa shape index (κ3) is 4.84. The van der Waals surface area contributed by atoms with Crippen LogP contribution in [0.3, 0.4) is 0 Å². The number of aromatic nitrogens is 2. The summed E-state index contributed by atoms with van der Waals surface area (Å²) in [5.41, 5.74) is 3.12. The Morgan fingerprint density at radius 3 is 2.67 bits per heavy atom. The fourth-order valence-electron chi connectivity index (χ4n) is 3.44. The van der Waals surface area contributed by atoms with Crippen molar-refractivity contribution in [2.45, 2.75) is 43.8 Å². The molecule has 0 spiro atoms. The first-order valence-electron chi connectivity index (χ1n) is 10.1. The average Bonchev–Trinajstić information content (AvgIpc) is 3.45. The molecule has 156 valence electrons. The van der Waals surface area contributed by atoms with Gasteiger partial charge in [0.15, 0.2) is 6.61 Å². The fraction of sp³-hybridized carbons (Fsp3) is 0.348. The molecule has 1 aliphatic heterocycles. The van der Waals surface area contributed by atoms with E-state index in [0.717, 1.165) is 48.4 Å². The number of carbonyl (C=O) groups is 1. The minimum atomic E-state index is -0.405. The molecular weight excluding hydrogens is 398 g/mol. The van der Waals surface area contributed by atoms with Gasteiger partial charge in [-0.3, -0.25) is 4.79 Å². The Kier molecular flexibility index (Phi) is 6.38. The van der Waals surface area contributed by atoms with Gasteiger partial charge < -0.3 is 14.1 Å². The quantitative estimate of drug-likeness (QED) is 0.512. The number of aryl methyl sites for hydroxylation is 2. The van der Waals surface area contributed by atoms with Crippen LogP contribution in [-0.2, 0) is 11.4 Å². The molecule has 3 aromatic rings. The molecule has 1 aromatic heterocycles. The number of carbonyl (C=O) groups excluding carboxylic acids is 1. The SMILES string of the molecule is Cc1ccc(C)c(OCc2nnc(SC(C(=O)N3CCCC3)c3ccccc3)o2)c1. The van der Waals surface area contributed by atoms with Crippen molar-refractivity contribution in [1.29, 1.82) is 0 Å². The van der Waals surface area contributed by atoms with Gasteiger partial charge >= 0.3 is 0 Å². The summed E-state index contributed by atoms with van der Waals surface area (Å²) in [6.45, 7) is 5.82. The second-order valence-electron chi connectivity index (χ2n) is 7.46. The number of nitrogens with zero attached hydrogens (tertiary/aromatic N) is 3. The van der Waals surface area contributed by atoms with Gasteiger partial charge in [-0.1, -0.05) is 42.5 Å². The van der Waals surface area contributed by atoms with Crippen molar-refractivity contribution < 1.29 is 13.9 Å². The molecule has 0 saturated carbocycles. The van der Waals surface area contributed by atoms with Crippen molar-refractivity contribution in [3.8, 4) is 5.75 Å². The first kappa shape index (κ1) is 20.5. The van der Waals surface area contributed by atoms with Crippen molar-refractivity contribution in [3.63, 3.8) is 0 Å². The van der Waals surface area contributed by atoms with Crippen molar-refractivity contribution >= 4 is 17.7 Å². The fourth-order valence-corrected chi connectivity index (χ4v) is 4.42. The second-order valence-corrected chi connectivity index (χ2v) is 8.52. The topological polar surface area (TPSA) is 68.5 Å². The highest BCUT2D eigenvalue weighted by Crippen LogP contribution is 2.37. The van der Waals surface area contributed by atoms with E-state index in [0.29, 0.717) is 11.1 Å². The van der Waals surface area contributed by atoms with Crippen LogP contribution in [0.15, 0.2) is 58.2 Å². The molecule has 0 aliphatic carbocycles. The molecule has 0 N–H and O–H groups in total. The van der Waals surface area contributed by atoms with Gasteiger partial charge in [-0.15, -0.1) is 10.2 Å². The summed E-state index contributed by atoms with van der Waals surface area (Å²) in [4.78, 5) is 15.0. The molecule has 0 bridgehead atoms. The van der Waals surface area contributed by atoms with Gasteiger partial charge in [0.05, 0.1) is 0 Å². The minimum Gasteiger partial charge on any atom is -0.484 e. The molecule has 7 heteroatoms. The van der Waals surface area contributed by atoms with E-state index in [1.807, 2.05) is 67.3 Å². The Morgan fingerprint density at radius 1 is 1.13 bits per heavy atom. The Balaban J connectivity index is 1.46. The molecule has 1 saturated heterocycles. The largest absolute Gasteiger partial charge is 0.484 e. The number of ether oxygens (including phenoxy) is 1. The third-order valence-corrected chi connectivity index (χ3v) is 6.18. The smallest absolute Gasteiger partial charge is 0.277 e. The normalized spacial score (nSPS) is 14.7. The molecule has 4 rings (SSSR count). The molecule has 2 heterocycles. The molecule has 30 heavy (non-hydrogen) atoms. The summed E-state index contributed by atoms with van der Waals surface area (Å²) in [6.07, 6.45) is 2.11. The van der Waals surface area contributed by atoms with Gasteiger partial charge in [-0.25, -0.2) is 0 Å². The summed E-state index contributed by atoms with van der Waals surface area (Å²) in [5.74, 6) is 1.28. The van der Waals surface area contributed by atoms with Crippen LogP contribution in [0.1, 0.15) is 40.7 Å². The van der Waals surface area contributed by atoms with Crippen molar-refractivity contribution in [2.75, 3.05) is 13.1 Å². The number of hydrogen-bond acceptors (Lipinski definition) is 6. The van der Waals surface area contributed by atoms with E-state index in [1.165, 1.54) is 11.8 Å². The number of thioether (sulfide) groups is 1. The number of amides is 1. The first-order valence-corrected chi connectivity index (χ1v) is 11.0. The predicted octanol–water partition coefficient (Wildman–Crippen LogP) is 4.72. The highest BCUT2D eigenvalue weighted by atomic mass is 32.2. The van der Waals surface area contributed by atoms with E-state index < -0.39 is 5.25 Å². The molecule has 0 radical (unpaired) electrons. The molecule has 2 aromatic carbocycles. The van der Waals surface area contributed by atoms with Gasteiger partial charge in [0.25, 0.3) is 11.1 Å². The van der Waals surface area contributed by atoms with Crippen molar-refractivity contribution in [3.05, 3.63) is 71.1 Å². The molecule has 1 unspecified atom stereocenters. The molecule has 1 atom stereocenters. The summed E-state index contributed by atoms with van der Waals surface area (Å²) < 4.78 is 11.6. The van der Waals surface area contributed by atoms with E-state index in [9.17, 15) is 4.79 Å². The maximum absolute atomic E-state index is 13.1. The summed E-state index contributed by atoms with van der Waals surface area (Å²) >= 11 is 1.30. The number of rotatable bonds is 7. The zero-order chi connectivity index (χ0) is 20.9. The number of hydrogen-bond donors (Lipinski definition) is 0. The second kappa shape index (κ2) is 9.34. The van der Waals surface area contributed by atoms with Crippen LogP contribution in [0.4, 0.5) is 0 Å². The van der Waals surface area contributed by atoms with Crippen molar-refractivity contribution in [1.82, 2.24) is 15.1 Å². The summed E-state index contributed by atoms with van der Waals surface area (Å²) in [6, 6.07) is 15.8. The van der Waals surface area contributed by atoms with Crippen LogP contribution >= 0.6 is 11.8 Å². The molecule has 1 aliphatic rings. The molecule has 6 nitrogen and oxygen atoms in total. The van der Waals surface area contributed by atoms with E-state index >= 15 is 0 Å². The van der Waals surface area contributed by atoms with E-state index in [2.05, 4.69) is 10.2 Å². The zero-order valence-corrected chi connectivity index (χ0v) is 18.0. The molecule has 1 fully saturated rings. The summed E-state index contributed by atoms with van der Waals surface area (Å²) in [5, 5.41) is 8.20. The lowest BCUT2D eigenvalue weighted by atomic mass is 10.1. The van der Waals surface area contributed by atoms with E-state index in [-0.39, 0.29) is 12.5 Å². The van der Waals surface area contributed by atoms with Crippen molar-refractivity contribution in [2.24, 2.45) is 0 Å². The van der Waals surface area contributed by atoms with Gasteiger partial charge in [-0.2, -0.15) is 0 Å². The van der Waals surface area contributed by atoms with Crippen LogP contribution in [0.25, 0.3) is 0 Å². The standard InChI is InChI=1S/C23H25N3O3S/c1-16-10-11-17(2)19(14-16)28-15-20-24-25-23(29-20)30-21(18-8-4-3-5-9-18)22(27)26-12-6-7-13-26/h3-5,8-11,14,21H,6-7,12-13,15H2,1-2H3. The van der Waals surface area contributed by atoms with Gasteiger partial charge in [0, 0.05) is 13.1 Å². The highest BCUT2D eigenvalue weighted by Gasteiger charge is 2.30. The Bertz CT molecular complexity index is 1000. The first-order chi connectivity index (χ1) is 14.6. The Labute approximate surface area is 180 Å². The Hall–Kier alpha value is -2.80. The van der Waals surface area contributed by atoms with Crippen LogP contribution in [-0.4, -0.2) is 34.1 Å². The van der Waals surface area contributed by atoms with Crippen LogP contribution in [0.5, 0.6) is 5.75 Å². The minimum absolute atomic E-state index is 0.0927. The maximum atomic E-state index is 13.1. The Morgan fingerprint density at radius 2 is 1.90 bits per heavy atom. The zero-order valence-electron chi connectivity index (χ0n) is 17.2. The lowest BCUT2D eigenvalue weighted by Crippen LogP contribution is -2.31. The molecular formula is C23H25N3O3S. The lowest BCUT2D eigenvalue weighted by molar-refractivity contribution is -0.129. The maximum Gasteiger partial charge on any atom is 0.277 e. The van der Waals surface area contributed by atoms with E-state index in [1.54, 1.807) is 0 Å². The van der Waals surface area contributed by atoms with Crippen LogP contribution in [0, 0.1) is 13.8 Å². The summed E-state index contributed by atoms with van der Waals surface area (Å²) in [7, 11) is 0. The predicted molar refractivity (Wildman–Crippen MR) is 115 cm³/mol. The van der Waals surface area contributed by atoms with Gasteiger partial charge in [-0.05, 0) is 61.2 Å². The van der Waals surface area contributed by atoms with Crippen LogP contribution in [0.2, 0.25) is 0 Å².